The largest absolute Gasteiger partial charge is 0.381 e. The number of carbonyl (C=O) groups is 2. The molecule has 3 rings (SSSR count). The van der Waals surface area contributed by atoms with E-state index in [0.717, 1.165) is 57.0 Å². The fourth-order valence-corrected chi connectivity index (χ4v) is 4.18. The number of hydrogen-bond acceptors (Lipinski definition) is 4. The van der Waals surface area contributed by atoms with Gasteiger partial charge in [0, 0.05) is 43.8 Å². The van der Waals surface area contributed by atoms with Crippen LogP contribution in [0.15, 0.2) is 0 Å². The summed E-state index contributed by atoms with van der Waals surface area (Å²) in [6, 6.07) is 0. The molecule has 24 heavy (non-hydrogen) atoms. The molecule has 3 heterocycles. The summed E-state index contributed by atoms with van der Waals surface area (Å²) in [5.41, 5.74) is 2.47. The van der Waals surface area contributed by atoms with Crippen LogP contribution >= 0.6 is 0 Å². The second kappa shape index (κ2) is 6.67. The number of aromatic nitrogens is 2. The molecule has 2 saturated heterocycles. The molecule has 0 radical (unpaired) electrons. The lowest BCUT2D eigenvalue weighted by molar-refractivity contribution is -0.135. The van der Waals surface area contributed by atoms with Gasteiger partial charge in [0.05, 0.1) is 17.9 Å². The van der Waals surface area contributed by atoms with E-state index >= 15 is 0 Å². The molecule has 1 amide bonds. The van der Waals surface area contributed by atoms with Crippen molar-refractivity contribution in [2.45, 2.75) is 53.0 Å². The van der Waals surface area contributed by atoms with E-state index in [1.807, 2.05) is 18.7 Å². The number of likely N-dealkylation sites (tertiary alicyclic amines) is 1. The molecule has 2 aliphatic heterocycles. The minimum atomic E-state index is 0.0294. The number of rotatable bonds is 4. The average molecular weight is 333 g/mol. The zero-order chi connectivity index (χ0) is 17.3. The first-order valence-corrected chi connectivity index (χ1v) is 8.82. The van der Waals surface area contributed by atoms with Crippen LogP contribution in [0.3, 0.4) is 0 Å². The normalized spacial score (nSPS) is 23.9. The highest BCUT2D eigenvalue weighted by molar-refractivity contribution is 5.96. The van der Waals surface area contributed by atoms with Crippen molar-refractivity contribution >= 4 is 11.7 Å². The second-order valence-corrected chi connectivity index (χ2v) is 7.30. The van der Waals surface area contributed by atoms with Crippen LogP contribution in [0.1, 0.15) is 54.4 Å². The molecule has 1 atom stereocenters. The van der Waals surface area contributed by atoms with Gasteiger partial charge in [-0.05, 0) is 40.0 Å². The van der Waals surface area contributed by atoms with Gasteiger partial charge in [0.2, 0.25) is 5.91 Å². The summed E-state index contributed by atoms with van der Waals surface area (Å²) < 4.78 is 7.36. The molecule has 2 fully saturated rings. The highest BCUT2D eigenvalue weighted by Crippen LogP contribution is 2.37. The van der Waals surface area contributed by atoms with Gasteiger partial charge < -0.3 is 9.64 Å². The molecule has 1 spiro atoms. The quantitative estimate of drug-likeness (QED) is 0.792. The van der Waals surface area contributed by atoms with Gasteiger partial charge in [-0.3, -0.25) is 14.3 Å². The molecule has 6 heteroatoms. The SMILES string of the molecule is CC(=O)c1c(C)nn(CCC(=O)N2CCCC3(CCOC3)C2)c1C. The summed E-state index contributed by atoms with van der Waals surface area (Å²) in [7, 11) is 0. The zero-order valence-electron chi connectivity index (χ0n) is 14.9. The average Bonchev–Trinajstić information content (AvgIpc) is 3.09. The van der Waals surface area contributed by atoms with E-state index in [9.17, 15) is 9.59 Å². The predicted octanol–water partition coefficient (Wildman–Crippen LogP) is 2.12. The maximum absolute atomic E-state index is 12.6. The number of amides is 1. The highest BCUT2D eigenvalue weighted by atomic mass is 16.5. The molecule has 1 aromatic rings. The predicted molar refractivity (Wildman–Crippen MR) is 90.0 cm³/mol. The second-order valence-electron chi connectivity index (χ2n) is 7.30. The van der Waals surface area contributed by atoms with E-state index in [1.54, 1.807) is 11.6 Å². The minimum absolute atomic E-state index is 0.0294. The van der Waals surface area contributed by atoms with Crippen LogP contribution in [-0.4, -0.2) is 52.7 Å². The number of carbonyl (C=O) groups excluding carboxylic acids is 2. The number of ketones is 1. The molecule has 0 bridgehead atoms. The monoisotopic (exact) mass is 333 g/mol. The molecular formula is C18H27N3O3. The van der Waals surface area contributed by atoms with Crippen LogP contribution in [-0.2, 0) is 16.1 Å². The van der Waals surface area contributed by atoms with E-state index < -0.39 is 0 Å². The maximum atomic E-state index is 12.6. The Kier molecular flexibility index (Phi) is 4.76. The number of hydrogen-bond donors (Lipinski definition) is 0. The molecule has 0 N–H and O–H groups in total. The molecule has 1 unspecified atom stereocenters. The Morgan fingerprint density at radius 1 is 1.29 bits per heavy atom. The van der Waals surface area contributed by atoms with Crippen LogP contribution in [0.5, 0.6) is 0 Å². The van der Waals surface area contributed by atoms with Crippen molar-refractivity contribution < 1.29 is 14.3 Å². The van der Waals surface area contributed by atoms with Gasteiger partial charge in [0.25, 0.3) is 0 Å². The van der Waals surface area contributed by atoms with E-state index in [1.165, 1.54) is 0 Å². The van der Waals surface area contributed by atoms with Crippen molar-refractivity contribution in [2.75, 3.05) is 26.3 Å². The van der Waals surface area contributed by atoms with Gasteiger partial charge in [0.15, 0.2) is 5.78 Å². The summed E-state index contributed by atoms with van der Waals surface area (Å²) in [5, 5.41) is 4.42. The molecule has 2 aliphatic rings. The Morgan fingerprint density at radius 3 is 2.71 bits per heavy atom. The van der Waals surface area contributed by atoms with Gasteiger partial charge in [-0.1, -0.05) is 0 Å². The maximum Gasteiger partial charge on any atom is 0.224 e. The van der Waals surface area contributed by atoms with Crippen LogP contribution in [0, 0.1) is 19.3 Å². The van der Waals surface area contributed by atoms with Gasteiger partial charge in [0.1, 0.15) is 0 Å². The summed E-state index contributed by atoms with van der Waals surface area (Å²) in [5.74, 6) is 0.208. The number of Topliss-reactive ketones (excluding diaryl/α,β-unsaturated/α-hetero) is 1. The standard InChI is InChI=1S/C18H27N3O3/c1-13-17(15(3)22)14(2)21(19-13)9-5-16(23)20-8-4-6-18(11-20)7-10-24-12-18/h4-12H2,1-3H3. The molecule has 0 saturated carbocycles. The Morgan fingerprint density at radius 2 is 2.08 bits per heavy atom. The van der Waals surface area contributed by atoms with Crippen LogP contribution < -0.4 is 0 Å². The molecule has 0 aromatic carbocycles. The molecule has 132 valence electrons. The van der Waals surface area contributed by atoms with Crippen molar-refractivity contribution in [3.63, 3.8) is 0 Å². The number of piperidine rings is 1. The Labute approximate surface area is 143 Å². The topological polar surface area (TPSA) is 64.4 Å². The smallest absolute Gasteiger partial charge is 0.224 e. The number of nitrogens with zero attached hydrogens (tertiary/aromatic N) is 3. The van der Waals surface area contributed by atoms with Crippen LogP contribution in [0.4, 0.5) is 0 Å². The van der Waals surface area contributed by atoms with Crippen molar-refractivity contribution in [2.24, 2.45) is 5.41 Å². The fourth-order valence-electron chi connectivity index (χ4n) is 4.18. The van der Waals surface area contributed by atoms with Crippen LogP contribution in [0.25, 0.3) is 0 Å². The Bertz CT molecular complexity index is 644. The molecule has 1 aromatic heterocycles. The molecule has 6 nitrogen and oxygen atoms in total. The molecule has 0 aliphatic carbocycles. The first-order chi connectivity index (χ1) is 11.4. The number of aryl methyl sites for hydroxylation is 2. The van der Waals surface area contributed by atoms with Gasteiger partial charge in [-0.2, -0.15) is 5.10 Å². The lowest BCUT2D eigenvalue weighted by Gasteiger charge is -2.39. The lowest BCUT2D eigenvalue weighted by Crippen LogP contribution is -2.46. The van der Waals surface area contributed by atoms with Crippen LogP contribution in [0.2, 0.25) is 0 Å². The third-order valence-electron chi connectivity index (χ3n) is 5.47. The number of ether oxygens (including phenoxy) is 1. The van der Waals surface area contributed by atoms with E-state index in [2.05, 4.69) is 5.10 Å². The van der Waals surface area contributed by atoms with E-state index in [-0.39, 0.29) is 17.1 Å². The van der Waals surface area contributed by atoms with Crippen molar-refractivity contribution in [1.82, 2.24) is 14.7 Å². The zero-order valence-corrected chi connectivity index (χ0v) is 14.9. The van der Waals surface area contributed by atoms with Gasteiger partial charge >= 0.3 is 0 Å². The summed E-state index contributed by atoms with van der Waals surface area (Å²) in [6.07, 6.45) is 3.71. The summed E-state index contributed by atoms with van der Waals surface area (Å²) in [6.45, 7) is 9.10. The Hall–Kier alpha value is -1.69. The minimum Gasteiger partial charge on any atom is -0.381 e. The van der Waals surface area contributed by atoms with Crippen molar-refractivity contribution in [3.8, 4) is 0 Å². The van der Waals surface area contributed by atoms with Crippen molar-refractivity contribution in [3.05, 3.63) is 17.0 Å². The van der Waals surface area contributed by atoms with Gasteiger partial charge in [-0.15, -0.1) is 0 Å². The first kappa shape index (κ1) is 17.1. The first-order valence-electron chi connectivity index (χ1n) is 8.82. The highest BCUT2D eigenvalue weighted by Gasteiger charge is 2.40. The third-order valence-corrected chi connectivity index (χ3v) is 5.47. The van der Waals surface area contributed by atoms with Gasteiger partial charge in [-0.25, -0.2) is 0 Å². The summed E-state index contributed by atoms with van der Waals surface area (Å²) in [4.78, 5) is 26.3. The third kappa shape index (κ3) is 3.24. The Balaban J connectivity index is 1.61. The van der Waals surface area contributed by atoms with Crippen molar-refractivity contribution in [1.29, 1.82) is 0 Å². The lowest BCUT2D eigenvalue weighted by atomic mass is 9.79. The fraction of sp³-hybridized carbons (Fsp3) is 0.722. The summed E-state index contributed by atoms with van der Waals surface area (Å²) >= 11 is 0. The molecular weight excluding hydrogens is 306 g/mol. The van der Waals surface area contributed by atoms with E-state index in [4.69, 9.17) is 4.74 Å². The van der Waals surface area contributed by atoms with E-state index in [0.29, 0.717) is 18.5 Å².